The zero-order valence-corrected chi connectivity index (χ0v) is 18.3. The first-order valence-electron chi connectivity index (χ1n) is 10.1. The van der Waals surface area contributed by atoms with Crippen LogP contribution in [0.25, 0.3) is 4.91 Å². The molecule has 0 radical (unpaired) electrons. The number of sulfonamides is 1. The number of ether oxygens (including phenoxy) is 1. The van der Waals surface area contributed by atoms with Gasteiger partial charge < -0.3 is 14.5 Å². The molecule has 2 aliphatic heterocycles. The Morgan fingerprint density at radius 2 is 1.81 bits per heavy atom. The van der Waals surface area contributed by atoms with Crippen LogP contribution < -0.4 is 4.74 Å². The number of rotatable bonds is 3. The van der Waals surface area contributed by atoms with Crippen LogP contribution >= 0.6 is 0 Å². The molecule has 1 fully saturated rings. The molecular weight excluding hydrogens is 416 g/mol. The van der Waals surface area contributed by atoms with Crippen LogP contribution in [-0.2, 0) is 10.0 Å². The van der Waals surface area contributed by atoms with Crippen molar-refractivity contribution < 1.29 is 17.9 Å². The van der Waals surface area contributed by atoms with Gasteiger partial charge in [-0.3, -0.25) is 4.79 Å². The molecule has 162 valence electrons. The van der Waals surface area contributed by atoms with Gasteiger partial charge in [0.05, 0.1) is 12.7 Å². The number of methoxy groups -OCH3 is 1. The number of nitrogens with zero attached hydrogens (tertiary/aromatic N) is 4. The Morgan fingerprint density at radius 3 is 2.48 bits per heavy atom. The van der Waals surface area contributed by atoms with E-state index in [1.165, 1.54) is 13.3 Å². The second-order valence-corrected chi connectivity index (χ2v) is 8.97. The molecule has 4 rings (SSSR count). The lowest BCUT2D eigenvalue weighted by Gasteiger charge is -2.23. The third kappa shape index (κ3) is 4.18. The fourth-order valence-corrected chi connectivity index (χ4v) is 5.40. The van der Waals surface area contributed by atoms with E-state index in [0.29, 0.717) is 61.0 Å². The van der Waals surface area contributed by atoms with E-state index in [0.717, 1.165) is 0 Å². The average Bonchev–Trinajstić information content (AvgIpc) is 2.93. The summed E-state index contributed by atoms with van der Waals surface area (Å²) in [5.41, 5.74) is 1.78. The molecule has 31 heavy (non-hydrogen) atoms. The molecule has 8 nitrogen and oxygen atoms in total. The maximum Gasteiger partial charge on any atom is 0.285 e. The van der Waals surface area contributed by atoms with Crippen molar-refractivity contribution in [3.63, 3.8) is 0 Å². The van der Waals surface area contributed by atoms with Crippen molar-refractivity contribution >= 4 is 26.7 Å². The molecule has 0 saturated carbocycles. The van der Waals surface area contributed by atoms with Crippen molar-refractivity contribution in [2.45, 2.75) is 13.3 Å². The van der Waals surface area contributed by atoms with E-state index in [-0.39, 0.29) is 10.8 Å². The Labute approximate surface area is 181 Å². The molecule has 0 unspecified atom stereocenters. The normalized spacial score (nSPS) is 18.6. The number of aromatic nitrogens is 1. The number of pyridine rings is 1. The summed E-state index contributed by atoms with van der Waals surface area (Å²) in [5, 5.41) is 0. The van der Waals surface area contributed by atoms with Crippen molar-refractivity contribution in [3.8, 4) is 5.88 Å². The summed E-state index contributed by atoms with van der Waals surface area (Å²) in [6.45, 7) is 3.97. The minimum absolute atomic E-state index is 0.102. The van der Waals surface area contributed by atoms with Crippen LogP contribution in [0.3, 0.4) is 0 Å². The van der Waals surface area contributed by atoms with Crippen molar-refractivity contribution in [1.29, 1.82) is 0 Å². The standard InChI is InChI=1S/C22H24N4O4S/c1-16-20(17-7-4-3-5-8-17)31(28,29)24-21(16)25-11-6-12-26(14-13-25)22(27)18-9-10-19(30-2)23-15-18/h3-5,7-10,15H,6,11-14H2,1-2H3. The molecule has 0 atom stereocenters. The van der Waals surface area contributed by atoms with Gasteiger partial charge in [-0.25, -0.2) is 4.98 Å². The van der Waals surface area contributed by atoms with E-state index in [2.05, 4.69) is 9.38 Å². The molecular formula is C22H24N4O4S. The molecule has 0 aliphatic carbocycles. The van der Waals surface area contributed by atoms with Gasteiger partial charge in [0.1, 0.15) is 10.7 Å². The fourth-order valence-electron chi connectivity index (χ4n) is 3.92. The quantitative estimate of drug-likeness (QED) is 0.728. The number of carbonyl (C=O) groups excluding carboxylic acids is 1. The number of benzene rings is 1. The minimum atomic E-state index is -3.75. The number of carbonyl (C=O) groups is 1. The van der Waals surface area contributed by atoms with Gasteiger partial charge in [-0.05, 0) is 25.0 Å². The molecule has 0 spiro atoms. The fraction of sp³-hybridized carbons (Fsp3) is 0.318. The lowest BCUT2D eigenvalue weighted by atomic mass is 10.1. The number of amides is 1. The van der Waals surface area contributed by atoms with E-state index >= 15 is 0 Å². The van der Waals surface area contributed by atoms with Crippen LogP contribution in [0, 0.1) is 0 Å². The topological polar surface area (TPSA) is 92.2 Å². The molecule has 3 heterocycles. The first-order chi connectivity index (χ1) is 14.9. The zero-order chi connectivity index (χ0) is 22.0. The molecule has 0 bridgehead atoms. The van der Waals surface area contributed by atoms with Crippen molar-refractivity contribution in [3.05, 3.63) is 65.4 Å². The van der Waals surface area contributed by atoms with Gasteiger partial charge in [-0.1, -0.05) is 30.3 Å². The highest BCUT2D eigenvalue weighted by Gasteiger charge is 2.34. The Balaban J connectivity index is 1.52. The summed E-state index contributed by atoms with van der Waals surface area (Å²) < 4.78 is 34.7. The molecule has 9 heteroatoms. The molecule has 2 aliphatic rings. The number of amidine groups is 1. The van der Waals surface area contributed by atoms with E-state index in [9.17, 15) is 13.2 Å². The number of hydrogen-bond donors (Lipinski definition) is 0. The van der Waals surface area contributed by atoms with Gasteiger partial charge in [0.25, 0.3) is 15.9 Å². The Morgan fingerprint density at radius 1 is 1.03 bits per heavy atom. The van der Waals surface area contributed by atoms with Crippen LogP contribution in [0.5, 0.6) is 5.88 Å². The van der Waals surface area contributed by atoms with Gasteiger partial charge in [0, 0.05) is 44.0 Å². The molecule has 1 saturated heterocycles. The largest absolute Gasteiger partial charge is 0.481 e. The molecule has 1 aromatic heterocycles. The van der Waals surface area contributed by atoms with Gasteiger partial charge in [-0.2, -0.15) is 8.42 Å². The zero-order valence-electron chi connectivity index (χ0n) is 17.5. The summed E-state index contributed by atoms with van der Waals surface area (Å²) in [4.78, 5) is 21.0. The highest BCUT2D eigenvalue weighted by molar-refractivity contribution is 8.00. The van der Waals surface area contributed by atoms with Crippen LogP contribution in [0.4, 0.5) is 0 Å². The number of hydrogen-bond acceptors (Lipinski definition) is 6. The third-order valence-corrected chi connectivity index (χ3v) is 6.92. The highest BCUT2D eigenvalue weighted by atomic mass is 32.2. The summed E-state index contributed by atoms with van der Waals surface area (Å²) in [7, 11) is -2.23. The minimum Gasteiger partial charge on any atom is -0.481 e. The molecule has 0 N–H and O–H groups in total. The molecule has 2 aromatic rings. The summed E-state index contributed by atoms with van der Waals surface area (Å²) in [6, 6.07) is 12.4. The predicted octanol–water partition coefficient (Wildman–Crippen LogP) is 2.41. The van der Waals surface area contributed by atoms with Gasteiger partial charge in [0.2, 0.25) is 5.88 Å². The summed E-state index contributed by atoms with van der Waals surface area (Å²) in [6.07, 6.45) is 2.22. The van der Waals surface area contributed by atoms with Crippen LogP contribution in [0.2, 0.25) is 0 Å². The van der Waals surface area contributed by atoms with Crippen LogP contribution in [0.15, 0.2) is 58.6 Å². The maximum absolute atomic E-state index is 12.9. The summed E-state index contributed by atoms with van der Waals surface area (Å²) in [5.74, 6) is 0.824. The van der Waals surface area contributed by atoms with E-state index < -0.39 is 10.0 Å². The van der Waals surface area contributed by atoms with Crippen molar-refractivity contribution in [2.24, 2.45) is 4.40 Å². The average molecular weight is 441 g/mol. The second-order valence-electron chi connectivity index (χ2n) is 7.43. The Bertz CT molecular complexity index is 1140. The van der Waals surface area contributed by atoms with Crippen molar-refractivity contribution in [2.75, 3.05) is 33.3 Å². The SMILES string of the molecule is COc1ccc(C(=O)N2CCCN(C3=NS(=O)(=O)C(c4ccccc4)=C3C)CC2)cn1. The third-order valence-electron chi connectivity index (χ3n) is 5.45. The van der Waals surface area contributed by atoms with E-state index in [1.54, 1.807) is 36.1 Å². The maximum atomic E-state index is 12.9. The van der Waals surface area contributed by atoms with Gasteiger partial charge in [0.15, 0.2) is 0 Å². The lowest BCUT2D eigenvalue weighted by molar-refractivity contribution is 0.0763. The monoisotopic (exact) mass is 440 g/mol. The smallest absolute Gasteiger partial charge is 0.285 e. The second kappa shape index (κ2) is 8.50. The predicted molar refractivity (Wildman–Crippen MR) is 118 cm³/mol. The Kier molecular flexibility index (Phi) is 5.77. The summed E-state index contributed by atoms with van der Waals surface area (Å²) >= 11 is 0. The van der Waals surface area contributed by atoms with E-state index in [1.807, 2.05) is 23.1 Å². The molecule has 1 amide bonds. The van der Waals surface area contributed by atoms with Gasteiger partial charge in [-0.15, -0.1) is 4.40 Å². The van der Waals surface area contributed by atoms with Crippen molar-refractivity contribution in [1.82, 2.24) is 14.8 Å². The van der Waals surface area contributed by atoms with Gasteiger partial charge >= 0.3 is 0 Å². The lowest BCUT2D eigenvalue weighted by Crippen LogP contribution is -2.37. The van der Waals surface area contributed by atoms with Crippen LogP contribution in [0.1, 0.15) is 29.3 Å². The first kappa shape index (κ1) is 21.0. The molecule has 1 aromatic carbocycles. The van der Waals surface area contributed by atoms with Crippen LogP contribution in [-0.4, -0.2) is 68.2 Å². The van der Waals surface area contributed by atoms with E-state index in [4.69, 9.17) is 4.74 Å². The Hall–Kier alpha value is -3.20. The highest BCUT2D eigenvalue weighted by Crippen LogP contribution is 2.33. The first-order valence-corrected chi connectivity index (χ1v) is 11.5.